The van der Waals surface area contributed by atoms with E-state index in [1.54, 1.807) is 0 Å². The predicted octanol–water partition coefficient (Wildman–Crippen LogP) is -0.990. The maximum Gasteiger partial charge on any atom is 0.469 e. The summed E-state index contributed by atoms with van der Waals surface area (Å²) in [6.45, 7) is -0.665. The maximum absolute atomic E-state index is 10.9. The molecule has 3 heterocycles. The highest BCUT2D eigenvalue weighted by molar-refractivity contribution is 7.46. The van der Waals surface area contributed by atoms with Gasteiger partial charge in [0.05, 0.1) is 18.4 Å². The zero-order chi connectivity index (χ0) is 17.5. The number of nitrogen functional groups attached to an aromatic ring is 1. The summed E-state index contributed by atoms with van der Waals surface area (Å²) in [5.41, 5.74) is 4.88. The number of phosphoric acid groups is 1. The van der Waals surface area contributed by atoms with Crippen molar-refractivity contribution in [2.75, 3.05) is 12.3 Å². The van der Waals surface area contributed by atoms with Crippen LogP contribution in [0.2, 0.25) is 0 Å². The smallest absolute Gasteiger partial charge is 0.389 e. The molecular weight excluding hydrogens is 341 g/mol. The van der Waals surface area contributed by atoms with Crippen LogP contribution < -0.4 is 5.73 Å². The number of anilines is 1. The van der Waals surface area contributed by atoms with Crippen LogP contribution >= 0.6 is 7.82 Å². The molecule has 2 aromatic heterocycles. The van der Waals surface area contributed by atoms with Crippen LogP contribution in [0.1, 0.15) is 18.1 Å². The van der Waals surface area contributed by atoms with Crippen LogP contribution in [0, 0.1) is 12.3 Å². The predicted molar refractivity (Wildman–Crippen MR) is 79.2 cm³/mol. The third-order valence-corrected chi connectivity index (χ3v) is 4.19. The quantitative estimate of drug-likeness (QED) is 0.395. The Balaban J connectivity index is 1.90. The molecule has 1 fully saturated rings. The molecule has 0 aromatic carbocycles. The van der Waals surface area contributed by atoms with Gasteiger partial charge in [0.15, 0.2) is 11.2 Å². The van der Waals surface area contributed by atoms with E-state index in [1.807, 2.05) is 0 Å². The normalized spacial score (nSPS) is 27.4. The second-order valence-electron chi connectivity index (χ2n) is 5.22. The van der Waals surface area contributed by atoms with Gasteiger partial charge in [0.2, 0.25) is 5.95 Å². The number of phosphoric ester groups is 1. The Morgan fingerprint density at radius 2 is 2.33 bits per heavy atom. The highest BCUT2D eigenvalue weighted by Crippen LogP contribution is 2.44. The van der Waals surface area contributed by atoms with Crippen molar-refractivity contribution in [1.82, 2.24) is 19.6 Å². The van der Waals surface area contributed by atoms with Crippen LogP contribution in [0.3, 0.4) is 0 Å². The standard InChI is InChI=1S/C12H14N5O6P/c1-2-12(5-22-24(19,20)21)9(18)3-8(23-12)7-4-16-17-10(7)14-6-15-11(17)13/h1,4,6,8-9,18H,3,5H2,(H2,13,14,15)(H2,19,20,21)/t8-,9+,12-/m1/s1. The Morgan fingerprint density at radius 1 is 1.58 bits per heavy atom. The van der Waals surface area contributed by atoms with Crippen LogP contribution in [0.25, 0.3) is 5.65 Å². The summed E-state index contributed by atoms with van der Waals surface area (Å²) in [7, 11) is -4.77. The topological polar surface area (TPSA) is 165 Å². The first-order chi connectivity index (χ1) is 11.3. The number of ether oxygens (including phenoxy) is 1. The highest BCUT2D eigenvalue weighted by atomic mass is 31.2. The largest absolute Gasteiger partial charge is 0.469 e. The molecule has 1 saturated heterocycles. The molecule has 0 radical (unpaired) electrons. The Hall–Kier alpha value is -2.06. The molecule has 3 atom stereocenters. The third kappa shape index (κ3) is 2.87. The summed E-state index contributed by atoms with van der Waals surface area (Å²) < 4.78 is 22.3. The first-order valence-electron chi connectivity index (χ1n) is 6.73. The van der Waals surface area contributed by atoms with Gasteiger partial charge in [-0.1, -0.05) is 5.92 Å². The number of rotatable bonds is 4. The molecule has 128 valence electrons. The fraction of sp³-hybridized carbons (Fsp3) is 0.417. The van der Waals surface area contributed by atoms with E-state index >= 15 is 0 Å². The second-order valence-corrected chi connectivity index (χ2v) is 6.46. The number of nitrogens with two attached hydrogens (primary N) is 1. The van der Waals surface area contributed by atoms with Crippen molar-refractivity contribution in [3.05, 3.63) is 18.1 Å². The lowest BCUT2D eigenvalue weighted by Crippen LogP contribution is -2.42. The maximum atomic E-state index is 10.9. The molecular formula is C12H14N5O6P. The molecule has 0 unspecified atom stereocenters. The van der Waals surface area contributed by atoms with Crippen molar-refractivity contribution in [2.24, 2.45) is 0 Å². The minimum absolute atomic E-state index is 0.0694. The molecule has 0 bridgehead atoms. The van der Waals surface area contributed by atoms with Crippen molar-refractivity contribution in [2.45, 2.75) is 24.2 Å². The summed E-state index contributed by atoms with van der Waals surface area (Å²) in [6.07, 6.45) is 6.28. The summed E-state index contributed by atoms with van der Waals surface area (Å²) in [5, 5.41) is 14.3. The Morgan fingerprint density at radius 3 is 3.00 bits per heavy atom. The van der Waals surface area contributed by atoms with Crippen LogP contribution in [-0.2, 0) is 13.8 Å². The Bertz CT molecular complexity index is 859. The van der Waals surface area contributed by atoms with Crippen molar-refractivity contribution < 1.29 is 28.7 Å². The van der Waals surface area contributed by atoms with E-state index in [1.165, 1.54) is 17.0 Å². The number of hydrogen-bond acceptors (Lipinski definition) is 8. The Labute approximate surface area is 135 Å². The van der Waals surface area contributed by atoms with Crippen molar-refractivity contribution in [1.29, 1.82) is 0 Å². The number of nitrogens with zero attached hydrogens (tertiary/aromatic N) is 4. The van der Waals surface area contributed by atoms with Gasteiger partial charge in [-0.25, -0.2) is 14.5 Å². The van der Waals surface area contributed by atoms with Gasteiger partial charge in [0.25, 0.3) is 0 Å². The summed E-state index contributed by atoms with van der Waals surface area (Å²) in [5.74, 6) is 2.35. The van der Waals surface area contributed by atoms with E-state index in [0.29, 0.717) is 11.2 Å². The van der Waals surface area contributed by atoms with Gasteiger partial charge >= 0.3 is 7.82 Å². The molecule has 24 heavy (non-hydrogen) atoms. The van der Waals surface area contributed by atoms with Crippen LogP contribution in [0.5, 0.6) is 0 Å². The summed E-state index contributed by atoms with van der Waals surface area (Å²) >= 11 is 0. The van der Waals surface area contributed by atoms with Gasteiger partial charge in [-0.3, -0.25) is 4.52 Å². The average Bonchev–Trinajstić information content (AvgIpc) is 3.07. The number of terminal acetylenes is 1. The number of hydrogen-bond donors (Lipinski definition) is 4. The van der Waals surface area contributed by atoms with Crippen LogP contribution in [-0.4, -0.2) is 52.8 Å². The van der Waals surface area contributed by atoms with Crippen molar-refractivity contribution >= 4 is 19.4 Å². The molecule has 0 aliphatic carbocycles. The fourth-order valence-corrected chi connectivity index (χ4v) is 2.88. The minimum Gasteiger partial charge on any atom is -0.389 e. The molecule has 1 aliphatic heterocycles. The molecule has 11 nitrogen and oxygen atoms in total. The molecule has 0 amide bonds. The fourth-order valence-electron chi connectivity index (χ4n) is 2.52. The van der Waals surface area contributed by atoms with Gasteiger partial charge in [-0.05, 0) is 0 Å². The van der Waals surface area contributed by atoms with Crippen molar-refractivity contribution in [3.63, 3.8) is 0 Å². The first kappa shape index (κ1) is 16.8. The number of aliphatic hydroxyl groups excluding tert-OH is 1. The summed E-state index contributed by atoms with van der Waals surface area (Å²) in [4.78, 5) is 25.5. The third-order valence-electron chi connectivity index (χ3n) is 3.72. The SMILES string of the molecule is C#C[C@]1(COP(=O)(O)O)O[C@@H](c2cnn3c(N)ncnc23)C[C@@H]1O. The zero-order valence-corrected chi connectivity index (χ0v) is 13.1. The number of aromatic nitrogens is 4. The van der Waals surface area contributed by atoms with E-state index in [-0.39, 0.29) is 12.4 Å². The highest BCUT2D eigenvalue weighted by Gasteiger charge is 2.49. The molecule has 0 saturated carbocycles. The number of aliphatic hydroxyl groups is 1. The van der Waals surface area contributed by atoms with E-state index < -0.39 is 32.2 Å². The van der Waals surface area contributed by atoms with Gasteiger partial charge in [0, 0.05) is 12.0 Å². The van der Waals surface area contributed by atoms with Gasteiger partial charge < -0.3 is 25.4 Å². The number of fused-ring (bicyclic) bond motifs is 1. The van der Waals surface area contributed by atoms with Gasteiger partial charge in [-0.2, -0.15) is 9.61 Å². The molecule has 1 aliphatic rings. The van der Waals surface area contributed by atoms with Gasteiger partial charge in [-0.15, -0.1) is 6.42 Å². The average molecular weight is 355 g/mol. The Kier molecular flexibility index (Phi) is 4.05. The lowest BCUT2D eigenvalue weighted by Gasteiger charge is -2.26. The van der Waals surface area contributed by atoms with E-state index in [9.17, 15) is 9.67 Å². The van der Waals surface area contributed by atoms with Crippen LogP contribution in [0.15, 0.2) is 12.5 Å². The second kappa shape index (κ2) is 5.78. The molecule has 12 heteroatoms. The molecule has 2 aromatic rings. The van der Waals surface area contributed by atoms with Gasteiger partial charge in [0.1, 0.15) is 12.9 Å². The molecule has 0 spiro atoms. The summed E-state index contributed by atoms with van der Waals surface area (Å²) in [6, 6.07) is 0. The molecule has 5 N–H and O–H groups in total. The van der Waals surface area contributed by atoms with E-state index in [0.717, 1.165) is 0 Å². The van der Waals surface area contributed by atoms with Crippen LogP contribution in [0.4, 0.5) is 5.95 Å². The first-order valence-corrected chi connectivity index (χ1v) is 8.26. The van der Waals surface area contributed by atoms with E-state index in [4.69, 9.17) is 26.7 Å². The zero-order valence-electron chi connectivity index (χ0n) is 12.2. The van der Waals surface area contributed by atoms with Crippen molar-refractivity contribution in [3.8, 4) is 12.3 Å². The lowest BCUT2D eigenvalue weighted by molar-refractivity contribution is -0.0703. The minimum atomic E-state index is -4.77. The monoisotopic (exact) mass is 355 g/mol. The van der Waals surface area contributed by atoms with E-state index in [2.05, 4.69) is 25.5 Å². The molecule has 3 rings (SSSR count). The lowest BCUT2D eigenvalue weighted by atomic mass is 9.97.